The van der Waals surface area contributed by atoms with Gasteiger partial charge in [0, 0.05) is 11.9 Å². The van der Waals surface area contributed by atoms with Crippen molar-refractivity contribution in [3.63, 3.8) is 0 Å². The SMILES string of the molecule is CCCNCC1CCC(C)(C)CC1Cc1ccccn1. The van der Waals surface area contributed by atoms with Crippen molar-refractivity contribution >= 4 is 0 Å². The lowest BCUT2D eigenvalue weighted by molar-refractivity contribution is 0.115. The summed E-state index contributed by atoms with van der Waals surface area (Å²) >= 11 is 0. The molecule has 2 nitrogen and oxygen atoms in total. The van der Waals surface area contributed by atoms with Crippen molar-refractivity contribution in [2.75, 3.05) is 13.1 Å². The first-order valence-electron chi connectivity index (χ1n) is 8.21. The van der Waals surface area contributed by atoms with Crippen molar-refractivity contribution in [2.24, 2.45) is 17.3 Å². The summed E-state index contributed by atoms with van der Waals surface area (Å²) in [5, 5.41) is 3.63. The number of hydrogen-bond acceptors (Lipinski definition) is 2. The van der Waals surface area contributed by atoms with E-state index in [4.69, 9.17) is 0 Å². The lowest BCUT2D eigenvalue weighted by Crippen LogP contribution is -2.37. The predicted molar refractivity (Wildman–Crippen MR) is 85.7 cm³/mol. The molecule has 0 bridgehead atoms. The van der Waals surface area contributed by atoms with E-state index in [1.807, 2.05) is 12.3 Å². The summed E-state index contributed by atoms with van der Waals surface area (Å²) in [5.74, 6) is 1.59. The van der Waals surface area contributed by atoms with E-state index in [0.29, 0.717) is 5.41 Å². The Labute approximate surface area is 124 Å². The molecule has 1 heterocycles. The molecule has 2 unspecified atom stereocenters. The van der Waals surface area contributed by atoms with Crippen LogP contribution >= 0.6 is 0 Å². The van der Waals surface area contributed by atoms with E-state index in [0.717, 1.165) is 24.8 Å². The third-order valence-electron chi connectivity index (χ3n) is 4.70. The van der Waals surface area contributed by atoms with Gasteiger partial charge in [0.2, 0.25) is 0 Å². The number of rotatable bonds is 6. The van der Waals surface area contributed by atoms with Crippen LogP contribution in [0.3, 0.4) is 0 Å². The van der Waals surface area contributed by atoms with E-state index < -0.39 is 0 Å². The third kappa shape index (κ3) is 4.59. The molecular weight excluding hydrogens is 244 g/mol. The van der Waals surface area contributed by atoms with Crippen molar-refractivity contribution in [3.05, 3.63) is 30.1 Å². The average Bonchev–Trinajstić information content (AvgIpc) is 2.42. The molecule has 112 valence electrons. The van der Waals surface area contributed by atoms with Crippen molar-refractivity contribution < 1.29 is 0 Å². The van der Waals surface area contributed by atoms with Gasteiger partial charge in [0.1, 0.15) is 0 Å². The Bertz CT molecular complexity index is 386. The van der Waals surface area contributed by atoms with E-state index in [1.54, 1.807) is 0 Å². The second-order valence-electron chi connectivity index (χ2n) is 7.16. The molecule has 0 aliphatic heterocycles. The maximum atomic E-state index is 4.53. The summed E-state index contributed by atoms with van der Waals surface area (Å²) in [6, 6.07) is 6.30. The van der Waals surface area contributed by atoms with Crippen LogP contribution in [0.5, 0.6) is 0 Å². The van der Waals surface area contributed by atoms with E-state index in [2.05, 4.69) is 43.2 Å². The highest BCUT2D eigenvalue weighted by atomic mass is 14.9. The number of nitrogens with one attached hydrogen (secondary N) is 1. The van der Waals surface area contributed by atoms with Gasteiger partial charge in [-0.3, -0.25) is 4.98 Å². The predicted octanol–water partition coefficient (Wildman–Crippen LogP) is 4.07. The zero-order valence-electron chi connectivity index (χ0n) is 13.4. The van der Waals surface area contributed by atoms with Crippen LogP contribution in [0.15, 0.2) is 24.4 Å². The van der Waals surface area contributed by atoms with Gasteiger partial charge in [-0.25, -0.2) is 0 Å². The molecule has 1 aliphatic rings. The lowest BCUT2D eigenvalue weighted by atomic mass is 9.66. The van der Waals surface area contributed by atoms with Gasteiger partial charge >= 0.3 is 0 Å². The van der Waals surface area contributed by atoms with E-state index >= 15 is 0 Å². The standard InChI is InChI=1S/C18H30N2/c1-4-10-19-14-15-8-9-18(2,3)13-16(15)12-17-7-5-6-11-20-17/h5-7,11,15-16,19H,4,8-10,12-14H2,1-3H3. The van der Waals surface area contributed by atoms with Gasteiger partial charge in [-0.2, -0.15) is 0 Å². The van der Waals surface area contributed by atoms with Gasteiger partial charge in [-0.05, 0) is 74.6 Å². The number of pyridine rings is 1. The van der Waals surface area contributed by atoms with Gasteiger partial charge in [-0.1, -0.05) is 26.8 Å². The molecule has 0 spiro atoms. The Balaban J connectivity index is 1.98. The molecule has 0 radical (unpaired) electrons. The fraction of sp³-hybridized carbons (Fsp3) is 0.722. The summed E-state index contributed by atoms with van der Waals surface area (Å²) in [6.45, 7) is 9.42. The first-order valence-corrected chi connectivity index (χ1v) is 8.21. The minimum absolute atomic E-state index is 0.501. The van der Waals surface area contributed by atoms with Gasteiger partial charge in [0.05, 0.1) is 0 Å². The van der Waals surface area contributed by atoms with Gasteiger partial charge in [0.25, 0.3) is 0 Å². The summed E-state index contributed by atoms with van der Waals surface area (Å²) in [5.41, 5.74) is 1.76. The molecular formula is C18H30N2. The minimum atomic E-state index is 0.501. The summed E-state index contributed by atoms with van der Waals surface area (Å²) in [7, 11) is 0. The van der Waals surface area contributed by atoms with Crippen molar-refractivity contribution in [1.82, 2.24) is 10.3 Å². The minimum Gasteiger partial charge on any atom is -0.316 e. The van der Waals surface area contributed by atoms with Crippen LogP contribution in [0.1, 0.15) is 52.1 Å². The Hall–Kier alpha value is -0.890. The normalized spacial score (nSPS) is 25.6. The molecule has 1 aliphatic carbocycles. The van der Waals surface area contributed by atoms with Crippen LogP contribution in [0.2, 0.25) is 0 Å². The van der Waals surface area contributed by atoms with Crippen LogP contribution < -0.4 is 5.32 Å². The molecule has 20 heavy (non-hydrogen) atoms. The van der Waals surface area contributed by atoms with Gasteiger partial charge in [0.15, 0.2) is 0 Å². The molecule has 1 saturated carbocycles. The fourth-order valence-corrected chi connectivity index (χ4v) is 3.55. The van der Waals surface area contributed by atoms with Gasteiger partial charge in [-0.15, -0.1) is 0 Å². The number of nitrogens with zero attached hydrogens (tertiary/aromatic N) is 1. The monoisotopic (exact) mass is 274 g/mol. The molecule has 1 N–H and O–H groups in total. The zero-order valence-corrected chi connectivity index (χ0v) is 13.4. The Kier molecular flexibility index (Phi) is 5.59. The first-order chi connectivity index (χ1) is 9.61. The number of aromatic nitrogens is 1. The molecule has 2 heteroatoms. The molecule has 1 aromatic rings. The van der Waals surface area contributed by atoms with Crippen LogP contribution in [0, 0.1) is 17.3 Å². The molecule has 0 aromatic carbocycles. The average molecular weight is 274 g/mol. The van der Waals surface area contributed by atoms with E-state index in [9.17, 15) is 0 Å². The molecule has 2 rings (SSSR count). The lowest BCUT2D eigenvalue weighted by Gasteiger charge is -2.41. The molecule has 2 atom stereocenters. The van der Waals surface area contributed by atoms with Crippen molar-refractivity contribution in [3.8, 4) is 0 Å². The third-order valence-corrected chi connectivity index (χ3v) is 4.70. The van der Waals surface area contributed by atoms with Crippen LogP contribution in [-0.2, 0) is 6.42 Å². The fourth-order valence-electron chi connectivity index (χ4n) is 3.55. The molecule has 0 saturated heterocycles. The Morgan fingerprint density at radius 2 is 2.15 bits per heavy atom. The van der Waals surface area contributed by atoms with Crippen LogP contribution in [0.25, 0.3) is 0 Å². The maximum Gasteiger partial charge on any atom is 0.0406 e. The number of hydrogen-bond donors (Lipinski definition) is 1. The molecule has 1 aromatic heterocycles. The van der Waals surface area contributed by atoms with E-state index in [1.165, 1.54) is 37.9 Å². The van der Waals surface area contributed by atoms with Gasteiger partial charge < -0.3 is 5.32 Å². The highest BCUT2D eigenvalue weighted by Crippen LogP contribution is 2.42. The smallest absolute Gasteiger partial charge is 0.0406 e. The topological polar surface area (TPSA) is 24.9 Å². The summed E-state index contributed by atoms with van der Waals surface area (Å²) < 4.78 is 0. The summed E-state index contributed by atoms with van der Waals surface area (Å²) in [4.78, 5) is 4.53. The Morgan fingerprint density at radius 1 is 1.30 bits per heavy atom. The molecule has 0 amide bonds. The Morgan fingerprint density at radius 3 is 2.85 bits per heavy atom. The van der Waals surface area contributed by atoms with Crippen molar-refractivity contribution in [1.29, 1.82) is 0 Å². The highest BCUT2D eigenvalue weighted by Gasteiger charge is 2.34. The molecule has 1 fully saturated rings. The van der Waals surface area contributed by atoms with Crippen LogP contribution in [0.4, 0.5) is 0 Å². The maximum absolute atomic E-state index is 4.53. The van der Waals surface area contributed by atoms with Crippen molar-refractivity contribution in [2.45, 2.75) is 52.9 Å². The first kappa shape index (κ1) is 15.5. The second-order valence-corrected chi connectivity index (χ2v) is 7.16. The largest absolute Gasteiger partial charge is 0.316 e. The second kappa shape index (κ2) is 7.21. The quantitative estimate of drug-likeness (QED) is 0.791. The highest BCUT2D eigenvalue weighted by molar-refractivity contribution is 5.05. The zero-order chi connectivity index (χ0) is 14.4. The summed E-state index contributed by atoms with van der Waals surface area (Å²) in [6.07, 6.45) is 8.35. The van der Waals surface area contributed by atoms with E-state index in [-0.39, 0.29) is 0 Å². The van der Waals surface area contributed by atoms with Crippen LogP contribution in [-0.4, -0.2) is 18.1 Å².